The Kier molecular flexibility index (Phi) is 2.15. The van der Waals surface area contributed by atoms with Gasteiger partial charge in [0.05, 0.1) is 23.5 Å². The fourth-order valence-corrected chi connectivity index (χ4v) is 1.60. The lowest BCUT2D eigenvalue weighted by molar-refractivity contribution is -0.136. The molecule has 2 heterocycles. The molecule has 0 saturated carbocycles. The van der Waals surface area contributed by atoms with Crippen LogP contribution in [0.3, 0.4) is 0 Å². The molecule has 0 atom stereocenters. The minimum Gasteiger partial charge on any atom is -0.481 e. The van der Waals surface area contributed by atoms with Crippen molar-refractivity contribution in [1.82, 2.24) is 14.4 Å². The van der Waals surface area contributed by atoms with Crippen molar-refractivity contribution in [1.29, 1.82) is 0 Å². The maximum Gasteiger partial charge on any atom is 0.309 e. The summed E-state index contributed by atoms with van der Waals surface area (Å²) in [5.41, 5.74) is 2.97. The van der Waals surface area contributed by atoms with Crippen LogP contribution >= 0.6 is 0 Å². The maximum atomic E-state index is 10.5. The molecular weight excluding hydrogens is 194 g/mol. The Morgan fingerprint density at radius 2 is 2.13 bits per heavy atom. The summed E-state index contributed by atoms with van der Waals surface area (Å²) >= 11 is 0. The molecular formula is C10H11N3O2. The molecule has 2 aromatic rings. The molecule has 5 nitrogen and oxygen atoms in total. The van der Waals surface area contributed by atoms with E-state index in [1.54, 1.807) is 6.20 Å². The third-order valence-electron chi connectivity index (χ3n) is 2.11. The zero-order valence-corrected chi connectivity index (χ0v) is 8.56. The van der Waals surface area contributed by atoms with E-state index in [1.165, 1.54) is 0 Å². The van der Waals surface area contributed by atoms with Gasteiger partial charge < -0.3 is 9.51 Å². The summed E-state index contributed by atoms with van der Waals surface area (Å²) in [4.78, 5) is 19.0. The van der Waals surface area contributed by atoms with Gasteiger partial charge in [0, 0.05) is 12.4 Å². The van der Waals surface area contributed by atoms with Crippen LogP contribution in [0.5, 0.6) is 0 Å². The molecule has 0 bridgehead atoms. The summed E-state index contributed by atoms with van der Waals surface area (Å²) in [5, 5.41) is 8.65. The Labute approximate surface area is 86.4 Å². The normalized spacial score (nSPS) is 10.8. The van der Waals surface area contributed by atoms with Crippen LogP contribution in [-0.4, -0.2) is 25.4 Å². The Hall–Kier alpha value is -1.91. The first kappa shape index (κ1) is 9.64. The molecule has 0 aliphatic heterocycles. The molecule has 0 aliphatic carbocycles. The number of hydrogen-bond acceptors (Lipinski definition) is 3. The number of imidazole rings is 1. The first-order valence-corrected chi connectivity index (χ1v) is 4.60. The van der Waals surface area contributed by atoms with Gasteiger partial charge in [-0.15, -0.1) is 0 Å². The zero-order valence-electron chi connectivity index (χ0n) is 8.56. The highest BCUT2D eigenvalue weighted by Gasteiger charge is 2.08. The minimum absolute atomic E-state index is 0.0554. The molecule has 0 fully saturated rings. The predicted octanol–water partition coefficient (Wildman–Crippen LogP) is 0.973. The summed E-state index contributed by atoms with van der Waals surface area (Å²) in [7, 11) is 0. The first-order valence-electron chi connectivity index (χ1n) is 4.60. The predicted molar refractivity (Wildman–Crippen MR) is 53.8 cm³/mol. The van der Waals surface area contributed by atoms with Gasteiger partial charge in [0.25, 0.3) is 0 Å². The molecule has 0 amide bonds. The van der Waals surface area contributed by atoms with E-state index in [0.29, 0.717) is 5.69 Å². The van der Waals surface area contributed by atoms with Crippen LogP contribution in [0.25, 0.3) is 5.65 Å². The van der Waals surface area contributed by atoms with Crippen molar-refractivity contribution >= 4 is 11.6 Å². The second-order valence-electron chi connectivity index (χ2n) is 3.50. The number of hydrogen-bond donors (Lipinski definition) is 1. The lowest BCUT2D eigenvalue weighted by atomic mass is 10.3. The summed E-state index contributed by atoms with van der Waals surface area (Å²) in [6.45, 7) is 3.75. The quantitative estimate of drug-likeness (QED) is 0.793. The average molecular weight is 205 g/mol. The van der Waals surface area contributed by atoms with Crippen LogP contribution in [0.2, 0.25) is 0 Å². The molecule has 0 aliphatic rings. The van der Waals surface area contributed by atoms with Crippen molar-refractivity contribution in [3.05, 3.63) is 29.5 Å². The van der Waals surface area contributed by atoms with Crippen LogP contribution in [0.4, 0.5) is 0 Å². The van der Waals surface area contributed by atoms with Gasteiger partial charge in [-0.1, -0.05) is 0 Å². The van der Waals surface area contributed by atoms with Crippen LogP contribution in [-0.2, 0) is 11.2 Å². The topological polar surface area (TPSA) is 67.5 Å². The number of nitrogens with zero attached hydrogens (tertiary/aromatic N) is 3. The fourth-order valence-electron chi connectivity index (χ4n) is 1.60. The van der Waals surface area contributed by atoms with E-state index in [9.17, 15) is 4.79 Å². The SMILES string of the molecule is Cc1cn2cc(CC(=O)O)nc2c(C)n1. The summed E-state index contributed by atoms with van der Waals surface area (Å²) in [5.74, 6) is -0.874. The molecule has 5 heteroatoms. The highest BCUT2D eigenvalue weighted by atomic mass is 16.4. The highest BCUT2D eigenvalue weighted by Crippen LogP contribution is 2.09. The van der Waals surface area contributed by atoms with Crippen LogP contribution in [0.1, 0.15) is 17.1 Å². The van der Waals surface area contributed by atoms with Gasteiger partial charge in [-0.05, 0) is 13.8 Å². The standard InChI is InChI=1S/C10H11N3O2/c1-6-4-13-5-8(3-9(14)15)12-10(13)7(2)11-6/h4-5H,3H2,1-2H3,(H,14,15). The van der Waals surface area contributed by atoms with Crippen molar-refractivity contribution in [3.8, 4) is 0 Å². The summed E-state index contributed by atoms with van der Waals surface area (Å²) in [6, 6.07) is 0. The van der Waals surface area contributed by atoms with E-state index in [-0.39, 0.29) is 6.42 Å². The smallest absolute Gasteiger partial charge is 0.309 e. The third-order valence-corrected chi connectivity index (χ3v) is 2.11. The van der Waals surface area contributed by atoms with E-state index in [4.69, 9.17) is 5.11 Å². The first-order chi connectivity index (χ1) is 7.06. The molecule has 0 aromatic carbocycles. The second-order valence-corrected chi connectivity index (χ2v) is 3.50. The van der Waals surface area contributed by atoms with Gasteiger partial charge in [0.1, 0.15) is 0 Å². The Balaban J connectivity index is 2.55. The summed E-state index contributed by atoms with van der Waals surface area (Å²) in [6.07, 6.45) is 3.51. The number of carboxylic acids is 1. The molecule has 0 unspecified atom stereocenters. The summed E-state index contributed by atoms with van der Waals surface area (Å²) < 4.78 is 1.82. The molecule has 0 radical (unpaired) electrons. The number of carboxylic acid groups (broad SMARTS) is 1. The number of fused-ring (bicyclic) bond motifs is 1. The Bertz CT molecular complexity index is 531. The third kappa shape index (κ3) is 1.81. The molecule has 15 heavy (non-hydrogen) atoms. The molecule has 2 rings (SSSR count). The molecule has 0 saturated heterocycles. The largest absolute Gasteiger partial charge is 0.481 e. The number of aromatic nitrogens is 3. The number of carbonyl (C=O) groups is 1. The number of aryl methyl sites for hydroxylation is 2. The highest BCUT2D eigenvalue weighted by molar-refractivity contribution is 5.69. The van der Waals surface area contributed by atoms with Gasteiger partial charge in [-0.25, -0.2) is 4.98 Å². The van der Waals surface area contributed by atoms with E-state index >= 15 is 0 Å². The zero-order chi connectivity index (χ0) is 11.0. The van der Waals surface area contributed by atoms with Gasteiger partial charge in [-0.2, -0.15) is 0 Å². The van der Waals surface area contributed by atoms with Gasteiger partial charge in [0.15, 0.2) is 5.65 Å². The van der Waals surface area contributed by atoms with E-state index in [1.807, 2.05) is 24.4 Å². The lowest BCUT2D eigenvalue weighted by Gasteiger charge is -1.98. The Morgan fingerprint density at radius 3 is 2.80 bits per heavy atom. The van der Waals surface area contributed by atoms with Gasteiger partial charge in [0.2, 0.25) is 0 Å². The number of aliphatic carboxylic acids is 1. The van der Waals surface area contributed by atoms with Crippen molar-refractivity contribution < 1.29 is 9.90 Å². The number of rotatable bonds is 2. The van der Waals surface area contributed by atoms with Crippen LogP contribution in [0.15, 0.2) is 12.4 Å². The van der Waals surface area contributed by atoms with Gasteiger partial charge in [-0.3, -0.25) is 9.78 Å². The molecule has 78 valence electrons. The molecule has 0 spiro atoms. The maximum absolute atomic E-state index is 10.5. The van der Waals surface area contributed by atoms with Crippen molar-refractivity contribution in [3.63, 3.8) is 0 Å². The van der Waals surface area contributed by atoms with Crippen molar-refractivity contribution in [2.24, 2.45) is 0 Å². The minimum atomic E-state index is -0.874. The van der Waals surface area contributed by atoms with E-state index < -0.39 is 5.97 Å². The van der Waals surface area contributed by atoms with Crippen molar-refractivity contribution in [2.45, 2.75) is 20.3 Å². The van der Waals surface area contributed by atoms with Crippen LogP contribution in [0, 0.1) is 13.8 Å². The van der Waals surface area contributed by atoms with Crippen LogP contribution < -0.4 is 0 Å². The average Bonchev–Trinajstić information content (AvgIpc) is 2.45. The molecule has 2 aromatic heterocycles. The lowest BCUT2D eigenvalue weighted by Crippen LogP contribution is -1.99. The monoisotopic (exact) mass is 205 g/mol. The van der Waals surface area contributed by atoms with E-state index in [2.05, 4.69) is 9.97 Å². The Morgan fingerprint density at radius 1 is 1.40 bits per heavy atom. The van der Waals surface area contributed by atoms with Crippen molar-refractivity contribution in [2.75, 3.05) is 0 Å². The fraction of sp³-hybridized carbons (Fsp3) is 0.300. The van der Waals surface area contributed by atoms with E-state index in [0.717, 1.165) is 17.0 Å². The second kappa shape index (κ2) is 3.34. The molecule has 1 N–H and O–H groups in total. The van der Waals surface area contributed by atoms with Gasteiger partial charge >= 0.3 is 5.97 Å².